The summed E-state index contributed by atoms with van der Waals surface area (Å²) >= 11 is 0. The van der Waals surface area contributed by atoms with Crippen molar-refractivity contribution >= 4 is 79.0 Å². The van der Waals surface area contributed by atoms with Gasteiger partial charge in [-0.15, -0.1) is 0 Å². The highest BCUT2D eigenvalue weighted by molar-refractivity contribution is 7.00. The Bertz CT molecular complexity index is 3530. The number of hydrogen-bond donors (Lipinski definition) is 0. The van der Waals surface area contributed by atoms with Gasteiger partial charge in [0.15, 0.2) is 0 Å². The van der Waals surface area contributed by atoms with Gasteiger partial charge in [0, 0.05) is 50.6 Å². The first-order valence-electron chi connectivity index (χ1n) is 22.1. The predicted octanol–water partition coefficient (Wildman–Crippen LogP) is 13.9. The zero-order chi connectivity index (χ0) is 42.1. The van der Waals surface area contributed by atoms with E-state index in [1.165, 1.54) is 94.3 Å². The van der Waals surface area contributed by atoms with Gasteiger partial charge in [0.2, 0.25) is 0 Å². The van der Waals surface area contributed by atoms with E-state index in [1.807, 2.05) is 0 Å². The first kappa shape index (κ1) is 36.3. The number of hydrogen-bond acceptors (Lipinski definition) is 2. The van der Waals surface area contributed by atoms with Gasteiger partial charge in [0.25, 0.3) is 6.71 Å². The molecule has 0 unspecified atom stereocenters. The van der Waals surface area contributed by atoms with Crippen LogP contribution < -0.4 is 26.2 Å². The number of anilines is 6. The van der Waals surface area contributed by atoms with Crippen molar-refractivity contribution in [3.05, 3.63) is 243 Å². The van der Waals surface area contributed by atoms with E-state index in [-0.39, 0.29) is 6.71 Å². The van der Waals surface area contributed by atoms with Crippen molar-refractivity contribution in [3.8, 4) is 39.1 Å². The molecule has 3 heterocycles. The summed E-state index contributed by atoms with van der Waals surface area (Å²) < 4.78 is 2.44. The normalized spacial score (nSPS) is 12.6. The predicted molar refractivity (Wildman–Crippen MR) is 271 cm³/mol. The molecule has 0 saturated heterocycles. The van der Waals surface area contributed by atoms with Crippen LogP contribution in [0.2, 0.25) is 0 Å². The van der Waals surface area contributed by atoms with E-state index in [4.69, 9.17) is 0 Å². The van der Waals surface area contributed by atoms with Crippen molar-refractivity contribution in [2.75, 3.05) is 9.80 Å². The molecule has 0 N–H and O–H groups in total. The SMILES string of the molecule is c1ccc(-c2ccc(N3c4ccc(-c5ccccc5)cc4B4c5cc6c7ccccc7n(-c7ccccc7)c6cc5N(c5ccc(-c6ccccc6)cc5)c5cccc3c54)cc2)cc1. The molecule has 64 heavy (non-hydrogen) atoms. The van der Waals surface area contributed by atoms with E-state index in [1.54, 1.807) is 0 Å². The molecule has 2 aliphatic rings. The lowest BCUT2D eigenvalue weighted by Crippen LogP contribution is -2.61. The summed E-state index contributed by atoms with van der Waals surface area (Å²) in [5.74, 6) is 0. The maximum atomic E-state index is 2.52. The van der Waals surface area contributed by atoms with Gasteiger partial charge in [-0.3, -0.25) is 0 Å². The minimum absolute atomic E-state index is 0.0391. The van der Waals surface area contributed by atoms with Gasteiger partial charge in [-0.05, 0) is 116 Å². The minimum Gasteiger partial charge on any atom is -0.311 e. The Labute approximate surface area is 373 Å². The van der Waals surface area contributed by atoms with E-state index in [9.17, 15) is 0 Å². The molecule has 10 aromatic carbocycles. The van der Waals surface area contributed by atoms with Crippen molar-refractivity contribution in [2.24, 2.45) is 0 Å². The molecule has 0 spiro atoms. The summed E-state index contributed by atoms with van der Waals surface area (Å²) in [6.45, 7) is -0.0391. The van der Waals surface area contributed by atoms with Crippen LogP contribution in [-0.4, -0.2) is 11.3 Å². The van der Waals surface area contributed by atoms with Crippen molar-refractivity contribution in [3.63, 3.8) is 0 Å². The Hall–Kier alpha value is -8.34. The average Bonchev–Trinajstić information content (AvgIpc) is 3.70. The lowest BCUT2D eigenvalue weighted by atomic mass is 9.33. The second kappa shape index (κ2) is 14.6. The van der Waals surface area contributed by atoms with Crippen LogP contribution in [0, 0.1) is 0 Å². The quantitative estimate of drug-likeness (QED) is 0.155. The van der Waals surface area contributed by atoms with Crippen molar-refractivity contribution < 1.29 is 0 Å². The highest BCUT2D eigenvalue weighted by Gasteiger charge is 2.44. The van der Waals surface area contributed by atoms with Gasteiger partial charge < -0.3 is 14.4 Å². The molecule has 13 rings (SSSR count). The van der Waals surface area contributed by atoms with Crippen molar-refractivity contribution in [1.29, 1.82) is 0 Å². The molecule has 0 saturated carbocycles. The number of nitrogens with zero attached hydrogens (tertiary/aromatic N) is 3. The van der Waals surface area contributed by atoms with Gasteiger partial charge in [0.05, 0.1) is 11.0 Å². The molecular formula is C60H40BN3. The van der Waals surface area contributed by atoms with Gasteiger partial charge in [-0.2, -0.15) is 0 Å². The van der Waals surface area contributed by atoms with E-state index >= 15 is 0 Å². The molecule has 0 bridgehead atoms. The van der Waals surface area contributed by atoms with E-state index in [2.05, 4.69) is 257 Å². The fourth-order valence-electron chi connectivity index (χ4n) is 10.5. The third-order valence-corrected chi connectivity index (χ3v) is 13.4. The summed E-state index contributed by atoms with van der Waals surface area (Å²) in [5.41, 5.74) is 21.7. The van der Waals surface area contributed by atoms with Crippen molar-refractivity contribution in [1.82, 2.24) is 4.57 Å². The number of para-hydroxylation sites is 2. The molecule has 2 aliphatic heterocycles. The Morgan fingerprint density at radius 3 is 1.33 bits per heavy atom. The lowest BCUT2D eigenvalue weighted by Gasteiger charge is -2.44. The van der Waals surface area contributed by atoms with Crippen LogP contribution in [-0.2, 0) is 0 Å². The standard InChI is InChI=1S/C60H40BN3/c1-5-16-41(17-6-1)44-28-33-48(34-29-44)63-55-37-32-46(43-20-9-3-10-21-43)38-52(55)61-53-39-51-50-24-13-14-25-54(50)62(47-22-11-4-12-23-47)58(51)40-59(53)64(57-27-15-26-56(63)60(57)61)49-35-30-45(31-36-49)42-18-7-2-8-19-42/h1-40H. The van der Waals surface area contributed by atoms with Crippen LogP contribution in [0.5, 0.6) is 0 Å². The first-order chi connectivity index (χ1) is 31.8. The maximum Gasteiger partial charge on any atom is 0.252 e. The average molecular weight is 814 g/mol. The Morgan fingerprint density at radius 2 is 0.734 bits per heavy atom. The molecule has 298 valence electrons. The van der Waals surface area contributed by atoms with Crippen LogP contribution in [0.1, 0.15) is 0 Å². The van der Waals surface area contributed by atoms with Gasteiger partial charge in [-0.1, -0.05) is 176 Å². The number of fused-ring (bicyclic) bond motifs is 7. The van der Waals surface area contributed by atoms with Crippen molar-refractivity contribution in [2.45, 2.75) is 0 Å². The van der Waals surface area contributed by atoms with E-state index in [0.717, 1.165) is 17.1 Å². The van der Waals surface area contributed by atoms with Crippen LogP contribution >= 0.6 is 0 Å². The lowest BCUT2D eigenvalue weighted by molar-refractivity contribution is 1.18. The summed E-state index contributed by atoms with van der Waals surface area (Å²) in [6.07, 6.45) is 0. The van der Waals surface area contributed by atoms with Crippen LogP contribution in [0.15, 0.2) is 243 Å². The molecular weight excluding hydrogens is 773 g/mol. The molecule has 0 aliphatic carbocycles. The molecule has 0 radical (unpaired) electrons. The van der Waals surface area contributed by atoms with E-state index < -0.39 is 0 Å². The zero-order valence-electron chi connectivity index (χ0n) is 35.0. The monoisotopic (exact) mass is 813 g/mol. The Morgan fingerprint density at radius 1 is 0.266 bits per heavy atom. The van der Waals surface area contributed by atoms with Crippen LogP contribution in [0.25, 0.3) is 60.9 Å². The third kappa shape index (κ3) is 5.70. The summed E-state index contributed by atoms with van der Waals surface area (Å²) in [7, 11) is 0. The molecule has 0 atom stereocenters. The molecule has 3 nitrogen and oxygen atoms in total. The summed E-state index contributed by atoms with van der Waals surface area (Å²) in [6, 6.07) is 89.1. The fraction of sp³-hybridized carbons (Fsp3) is 0. The topological polar surface area (TPSA) is 11.4 Å². The van der Waals surface area contributed by atoms with Crippen LogP contribution in [0.4, 0.5) is 34.1 Å². The van der Waals surface area contributed by atoms with E-state index in [0.29, 0.717) is 0 Å². The first-order valence-corrected chi connectivity index (χ1v) is 22.1. The third-order valence-electron chi connectivity index (χ3n) is 13.4. The Balaban J connectivity index is 1.10. The Kier molecular flexibility index (Phi) is 8.32. The number of rotatable bonds is 6. The summed E-state index contributed by atoms with van der Waals surface area (Å²) in [5, 5.41) is 2.49. The van der Waals surface area contributed by atoms with Gasteiger partial charge in [-0.25, -0.2) is 0 Å². The largest absolute Gasteiger partial charge is 0.311 e. The highest BCUT2D eigenvalue weighted by atomic mass is 15.2. The van der Waals surface area contributed by atoms with Gasteiger partial charge in [0.1, 0.15) is 0 Å². The molecule has 0 amide bonds. The molecule has 4 heteroatoms. The highest BCUT2D eigenvalue weighted by Crippen LogP contribution is 2.46. The second-order valence-electron chi connectivity index (χ2n) is 16.9. The molecule has 11 aromatic rings. The number of aromatic nitrogens is 1. The van der Waals surface area contributed by atoms with Crippen LogP contribution in [0.3, 0.4) is 0 Å². The van der Waals surface area contributed by atoms with Gasteiger partial charge >= 0.3 is 0 Å². The minimum atomic E-state index is -0.0391. The molecule has 1 aromatic heterocycles. The fourth-order valence-corrected chi connectivity index (χ4v) is 10.5. The smallest absolute Gasteiger partial charge is 0.252 e. The number of benzene rings is 10. The summed E-state index contributed by atoms with van der Waals surface area (Å²) in [4.78, 5) is 5.02. The molecule has 0 fully saturated rings. The second-order valence-corrected chi connectivity index (χ2v) is 16.9. The maximum absolute atomic E-state index is 2.52. The zero-order valence-corrected chi connectivity index (χ0v) is 35.0.